The Morgan fingerprint density at radius 3 is 2.78 bits per heavy atom. The summed E-state index contributed by atoms with van der Waals surface area (Å²) in [7, 11) is -0.131. The van der Waals surface area contributed by atoms with E-state index in [-0.39, 0.29) is 36.0 Å². The summed E-state index contributed by atoms with van der Waals surface area (Å²) in [5.74, 6) is 1.64. The number of nitro benzene ring substituents is 1. The fourth-order valence-corrected chi connectivity index (χ4v) is 6.88. The highest BCUT2D eigenvalue weighted by atomic mass is 31.2. The maximum Gasteiger partial charge on any atom is 0.459 e. The van der Waals surface area contributed by atoms with Crippen LogP contribution in [0.4, 0.5) is 5.69 Å². The lowest BCUT2D eigenvalue weighted by atomic mass is 9.69. The Hall–Kier alpha value is -2.95. The molecule has 2 aromatic rings. The molecule has 0 fully saturated rings. The van der Waals surface area contributed by atoms with Crippen molar-refractivity contribution in [3.05, 3.63) is 69.8 Å². The molecule has 11 nitrogen and oxygen atoms in total. The van der Waals surface area contributed by atoms with Crippen LogP contribution in [0.25, 0.3) is 0 Å². The maximum atomic E-state index is 13.7. The molecule has 5 rings (SSSR count). The molecule has 0 aromatic heterocycles. The van der Waals surface area contributed by atoms with Crippen LogP contribution in [0.1, 0.15) is 24.0 Å². The van der Waals surface area contributed by atoms with E-state index in [2.05, 4.69) is 29.2 Å². The highest BCUT2D eigenvalue weighted by Crippen LogP contribution is 2.57. The number of methoxy groups -OCH3 is 1. The summed E-state index contributed by atoms with van der Waals surface area (Å²) in [6, 6.07) is 9.38. The minimum Gasteiger partial charge on any atom is -0.493 e. The van der Waals surface area contributed by atoms with Crippen LogP contribution in [0.2, 0.25) is 0 Å². The number of hydrogen-bond donors (Lipinski definition) is 2. The largest absolute Gasteiger partial charge is 0.493 e. The van der Waals surface area contributed by atoms with Gasteiger partial charge >= 0.3 is 7.75 Å². The first kappa shape index (κ1) is 25.7. The molecule has 0 bridgehead atoms. The van der Waals surface area contributed by atoms with Crippen LogP contribution in [0.15, 0.2) is 48.6 Å². The summed E-state index contributed by atoms with van der Waals surface area (Å²) in [4.78, 5) is 12.7. The molecule has 0 amide bonds. The molecule has 12 heteroatoms. The average molecular weight is 531 g/mol. The molecule has 1 spiro atoms. The Balaban J connectivity index is 1.41. The number of nitrogens with one attached hydrogen (secondary N) is 1. The number of non-ortho nitro benzene ring substituents is 1. The van der Waals surface area contributed by atoms with E-state index >= 15 is 0 Å². The van der Waals surface area contributed by atoms with Gasteiger partial charge in [-0.25, -0.2) is 9.65 Å². The van der Waals surface area contributed by atoms with Crippen molar-refractivity contribution in [2.24, 2.45) is 5.73 Å². The van der Waals surface area contributed by atoms with Crippen molar-refractivity contribution in [3.63, 3.8) is 0 Å². The van der Waals surface area contributed by atoms with Crippen molar-refractivity contribution in [2.75, 3.05) is 33.8 Å². The van der Waals surface area contributed by atoms with Gasteiger partial charge in [0.25, 0.3) is 5.69 Å². The summed E-state index contributed by atoms with van der Waals surface area (Å²) >= 11 is 0. The molecule has 0 radical (unpaired) electrons. The molecule has 2 aromatic carbocycles. The highest BCUT2D eigenvalue weighted by molar-refractivity contribution is 7.52. The maximum absolute atomic E-state index is 13.7. The third-order valence-corrected chi connectivity index (χ3v) is 8.74. The second kappa shape index (κ2) is 10.1. The lowest BCUT2D eigenvalue weighted by molar-refractivity contribution is -0.384. The summed E-state index contributed by atoms with van der Waals surface area (Å²) in [6.07, 6.45) is 4.58. The molecule has 2 aliphatic heterocycles. The van der Waals surface area contributed by atoms with Gasteiger partial charge in [0, 0.05) is 43.8 Å². The van der Waals surface area contributed by atoms with E-state index in [9.17, 15) is 14.7 Å². The van der Waals surface area contributed by atoms with Gasteiger partial charge < -0.3 is 24.6 Å². The predicted molar refractivity (Wildman–Crippen MR) is 137 cm³/mol. The Morgan fingerprint density at radius 2 is 2.08 bits per heavy atom. The van der Waals surface area contributed by atoms with Crippen molar-refractivity contribution in [3.8, 4) is 17.2 Å². The fraction of sp³-hybridized carbons (Fsp3) is 0.440. The van der Waals surface area contributed by atoms with E-state index in [0.717, 1.165) is 30.8 Å². The highest BCUT2D eigenvalue weighted by Gasteiger charge is 2.53. The molecule has 3 N–H and O–H groups in total. The standard InChI is InChI=1S/C25H31N4O7P/c1-28-14-11-25-10-9-20(15-22(25)34-24-21(33-2)8-3-17(16-28)23(24)25)36-37(32,27-13-12-26)35-19-6-4-18(5-7-19)29(30)31/h3-10,20,22H,11-16,26H2,1-2H3,(H,27,32)/t20?,22-,25-,37?/m1/s1. The lowest BCUT2D eigenvalue weighted by Gasteiger charge is -2.37. The van der Waals surface area contributed by atoms with Crippen LogP contribution >= 0.6 is 7.75 Å². The lowest BCUT2D eigenvalue weighted by Crippen LogP contribution is -2.43. The summed E-state index contributed by atoms with van der Waals surface area (Å²) in [5.41, 5.74) is 7.55. The molecular weight excluding hydrogens is 499 g/mol. The molecule has 1 aliphatic carbocycles. The van der Waals surface area contributed by atoms with Gasteiger partial charge in [0.15, 0.2) is 11.5 Å². The predicted octanol–water partition coefficient (Wildman–Crippen LogP) is 3.52. The van der Waals surface area contributed by atoms with Crippen molar-refractivity contribution in [2.45, 2.75) is 37.0 Å². The van der Waals surface area contributed by atoms with Crippen molar-refractivity contribution in [1.29, 1.82) is 0 Å². The first-order chi connectivity index (χ1) is 17.8. The van der Waals surface area contributed by atoms with Crippen molar-refractivity contribution >= 4 is 13.4 Å². The third kappa shape index (κ3) is 4.85. The zero-order chi connectivity index (χ0) is 26.2. The molecule has 198 valence electrons. The summed E-state index contributed by atoms with van der Waals surface area (Å²) < 4.78 is 37.6. The zero-order valence-electron chi connectivity index (χ0n) is 20.8. The van der Waals surface area contributed by atoms with Crippen LogP contribution in [0.5, 0.6) is 17.2 Å². The second-order valence-electron chi connectivity index (χ2n) is 9.54. The van der Waals surface area contributed by atoms with Crippen LogP contribution in [-0.2, 0) is 21.0 Å². The van der Waals surface area contributed by atoms with E-state index in [1.165, 1.54) is 29.8 Å². The van der Waals surface area contributed by atoms with E-state index in [0.29, 0.717) is 12.2 Å². The Labute approximate surface area is 215 Å². The van der Waals surface area contributed by atoms with Gasteiger partial charge in [-0.1, -0.05) is 18.2 Å². The normalized spacial score (nSPS) is 25.8. The summed E-state index contributed by atoms with van der Waals surface area (Å²) in [5, 5.41) is 13.7. The number of benzene rings is 2. The molecule has 0 saturated heterocycles. The fourth-order valence-electron chi connectivity index (χ4n) is 5.38. The van der Waals surface area contributed by atoms with Gasteiger partial charge in [0.2, 0.25) is 0 Å². The minimum absolute atomic E-state index is 0.0969. The zero-order valence-corrected chi connectivity index (χ0v) is 21.7. The Morgan fingerprint density at radius 1 is 1.30 bits per heavy atom. The van der Waals surface area contributed by atoms with Crippen molar-refractivity contribution in [1.82, 2.24) is 9.99 Å². The van der Waals surface area contributed by atoms with Gasteiger partial charge in [0.05, 0.1) is 23.6 Å². The molecule has 4 atom stereocenters. The number of ether oxygens (including phenoxy) is 2. The number of hydrogen-bond acceptors (Lipinski definition) is 9. The number of rotatable bonds is 9. The van der Waals surface area contributed by atoms with E-state index in [4.69, 9.17) is 24.3 Å². The minimum atomic E-state index is -3.87. The van der Waals surface area contributed by atoms with Crippen LogP contribution < -0.4 is 24.8 Å². The first-order valence-electron chi connectivity index (χ1n) is 12.2. The van der Waals surface area contributed by atoms with E-state index < -0.39 is 18.8 Å². The molecule has 0 saturated carbocycles. The molecule has 2 unspecified atom stereocenters. The Kier molecular flexibility index (Phi) is 6.99. The molecular formula is C25H31N4O7P. The second-order valence-corrected chi connectivity index (χ2v) is 11.2. The van der Waals surface area contributed by atoms with Gasteiger partial charge in [0.1, 0.15) is 11.9 Å². The number of nitro groups is 1. The van der Waals surface area contributed by atoms with Crippen LogP contribution in [0, 0.1) is 10.1 Å². The average Bonchev–Trinajstić information content (AvgIpc) is 3.14. The molecule has 3 aliphatic rings. The van der Waals surface area contributed by atoms with Crippen LogP contribution in [-0.4, -0.2) is 55.8 Å². The van der Waals surface area contributed by atoms with Gasteiger partial charge in [-0.2, -0.15) is 0 Å². The van der Waals surface area contributed by atoms with Crippen LogP contribution in [0.3, 0.4) is 0 Å². The topological polar surface area (TPSA) is 138 Å². The number of nitrogens with two attached hydrogens (primary N) is 1. The quantitative estimate of drug-likeness (QED) is 0.214. The monoisotopic (exact) mass is 530 g/mol. The third-order valence-electron chi connectivity index (χ3n) is 7.13. The SMILES string of the molecule is COc1ccc2c3c1O[C@@H]1CC(OP(=O)(NCCN)Oc4ccc([N+](=O)[O-])cc4)C=C[C@]31CCN(C)C2. The number of nitrogens with zero attached hydrogens (tertiary/aromatic N) is 2. The van der Waals surface area contributed by atoms with E-state index in [1.807, 2.05) is 12.1 Å². The van der Waals surface area contributed by atoms with Gasteiger partial charge in [-0.3, -0.25) is 14.6 Å². The van der Waals surface area contributed by atoms with E-state index in [1.54, 1.807) is 7.11 Å². The van der Waals surface area contributed by atoms with Crippen molar-refractivity contribution < 1.29 is 28.0 Å². The first-order valence-corrected chi connectivity index (χ1v) is 13.7. The smallest absolute Gasteiger partial charge is 0.459 e. The molecule has 37 heavy (non-hydrogen) atoms. The van der Waals surface area contributed by atoms with Gasteiger partial charge in [-0.05, 0) is 43.8 Å². The summed E-state index contributed by atoms with van der Waals surface area (Å²) in [6.45, 7) is 2.13. The van der Waals surface area contributed by atoms with Gasteiger partial charge in [-0.15, -0.1) is 0 Å². The Bertz CT molecular complexity index is 1250. The molecule has 2 heterocycles.